The van der Waals surface area contributed by atoms with Gasteiger partial charge < -0.3 is 9.73 Å². The fourth-order valence-corrected chi connectivity index (χ4v) is 3.26. The fourth-order valence-electron chi connectivity index (χ4n) is 2.20. The van der Waals surface area contributed by atoms with Gasteiger partial charge in [-0.05, 0) is 44.2 Å². The van der Waals surface area contributed by atoms with Crippen LogP contribution in [0.5, 0.6) is 0 Å². The molecule has 0 saturated heterocycles. The number of thiazole rings is 1. The van der Waals surface area contributed by atoms with Crippen LogP contribution in [0, 0.1) is 0 Å². The molecule has 0 aliphatic rings. The van der Waals surface area contributed by atoms with Crippen molar-refractivity contribution < 1.29 is 9.21 Å². The Labute approximate surface area is 124 Å². The van der Waals surface area contributed by atoms with Gasteiger partial charge in [-0.1, -0.05) is 11.3 Å². The van der Waals surface area contributed by atoms with E-state index in [1.54, 1.807) is 28.8 Å². The highest BCUT2D eigenvalue weighted by molar-refractivity contribution is 7.16. The van der Waals surface area contributed by atoms with E-state index >= 15 is 0 Å². The van der Waals surface area contributed by atoms with E-state index in [1.807, 2.05) is 19.9 Å². The molecule has 0 aliphatic heterocycles. The van der Waals surface area contributed by atoms with Gasteiger partial charge in [0.25, 0.3) is 5.91 Å². The van der Waals surface area contributed by atoms with E-state index in [9.17, 15) is 9.59 Å². The van der Waals surface area contributed by atoms with Gasteiger partial charge in [-0.2, -0.15) is 0 Å². The number of nitrogens with zero attached hydrogens (tertiary/aromatic N) is 1. The maximum Gasteiger partial charge on any atom is 0.308 e. The third kappa shape index (κ3) is 2.50. The van der Waals surface area contributed by atoms with E-state index in [0.717, 1.165) is 10.2 Å². The van der Waals surface area contributed by atoms with Crippen LogP contribution in [0.3, 0.4) is 0 Å². The number of carbonyl (C=O) groups is 1. The van der Waals surface area contributed by atoms with E-state index < -0.39 is 0 Å². The molecule has 1 N–H and O–H groups in total. The highest BCUT2D eigenvalue weighted by Gasteiger charge is 2.13. The molecule has 0 unspecified atom stereocenters. The molecule has 1 aromatic carbocycles. The number of carbonyl (C=O) groups excluding carboxylic acids is 1. The quantitative estimate of drug-likeness (QED) is 0.805. The largest absolute Gasteiger partial charge is 0.459 e. The summed E-state index contributed by atoms with van der Waals surface area (Å²) in [4.78, 5) is 23.9. The van der Waals surface area contributed by atoms with E-state index in [1.165, 1.54) is 17.6 Å². The number of anilines is 1. The Bertz CT molecular complexity index is 844. The van der Waals surface area contributed by atoms with Crippen molar-refractivity contribution >= 4 is 33.1 Å². The molecule has 108 valence electrons. The Morgan fingerprint density at radius 1 is 1.33 bits per heavy atom. The minimum absolute atomic E-state index is 0.00881. The zero-order valence-electron chi connectivity index (χ0n) is 11.6. The Kier molecular flexibility index (Phi) is 3.39. The topological polar surface area (TPSA) is 64.2 Å². The summed E-state index contributed by atoms with van der Waals surface area (Å²) in [6, 6.07) is 8.81. The average molecular weight is 302 g/mol. The summed E-state index contributed by atoms with van der Waals surface area (Å²) in [7, 11) is 0. The molecule has 5 nitrogen and oxygen atoms in total. The second kappa shape index (κ2) is 5.21. The van der Waals surface area contributed by atoms with Crippen LogP contribution in [0.25, 0.3) is 10.2 Å². The standard InChI is InChI=1S/C15H14N2O3S/c1-9(2)17-11-6-5-10(8-13(11)21-15(17)19)16-14(18)12-4-3-7-20-12/h3-9H,1-2H3,(H,16,18). The number of benzene rings is 1. The van der Waals surface area contributed by atoms with Crippen molar-refractivity contribution in [3.63, 3.8) is 0 Å². The molecule has 3 aromatic rings. The fraction of sp³-hybridized carbons (Fsp3) is 0.200. The van der Waals surface area contributed by atoms with E-state index in [2.05, 4.69) is 5.32 Å². The Hall–Kier alpha value is -2.34. The molecule has 1 amide bonds. The first-order valence-corrected chi connectivity index (χ1v) is 7.38. The van der Waals surface area contributed by atoms with Crippen LogP contribution in [-0.2, 0) is 0 Å². The lowest BCUT2D eigenvalue weighted by molar-refractivity contribution is 0.0996. The number of furan rings is 1. The number of aromatic nitrogens is 1. The minimum atomic E-state index is -0.310. The van der Waals surface area contributed by atoms with Gasteiger partial charge in [0.1, 0.15) is 0 Å². The zero-order chi connectivity index (χ0) is 15.0. The monoisotopic (exact) mass is 302 g/mol. The van der Waals surface area contributed by atoms with Crippen molar-refractivity contribution in [2.24, 2.45) is 0 Å². The normalized spacial score (nSPS) is 11.2. The van der Waals surface area contributed by atoms with Crippen molar-refractivity contribution in [1.82, 2.24) is 4.57 Å². The third-order valence-corrected chi connectivity index (χ3v) is 4.05. The van der Waals surface area contributed by atoms with Crippen LogP contribution in [0.2, 0.25) is 0 Å². The van der Waals surface area contributed by atoms with Crippen molar-refractivity contribution in [3.05, 3.63) is 52.0 Å². The summed E-state index contributed by atoms with van der Waals surface area (Å²) in [5.74, 6) is -0.0574. The predicted octanol–water partition coefficient (Wildman–Crippen LogP) is 3.49. The number of fused-ring (bicyclic) bond motifs is 1. The maximum atomic E-state index is 12.0. The smallest absolute Gasteiger partial charge is 0.308 e. The molecule has 0 bridgehead atoms. The first kappa shape index (κ1) is 13.6. The lowest BCUT2D eigenvalue weighted by atomic mass is 10.2. The van der Waals surface area contributed by atoms with Crippen LogP contribution in [0.1, 0.15) is 30.4 Å². The molecule has 2 heterocycles. The summed E-state index contributed by atoms with van der Waals surface area (Å²) in [5, 5.41) is 2.76. The van der Waals surface area contributed by atoms with Gasteiger partial charge in [-0.15, -0.1) is 0 Å². The molecule has 3 rings (SSSR count). The Morgan fingerprint density at radius 3 is 2.81 bits per heavy atom. The molecule has 0 fully saturated rings. The predicted molar refractivity (Wildman–Crippen MR) is 83.1 cm³/mol. The highest BCUT2D eigenvalue weighted by atomic mass is 32.1. The second-order valence-corrected chi connectivity index (χ2v) is 5.94. The van der Waals surface area contributed by atoms with E-state index in [0.29, 0.717) is 5.69 Å². The van der Waals surface area contributed by atoms with Gasteiger partial charge in [0.15, 0.2) is 5.76 Å². The van der Waals surface area contributed by atoms with Crippen molar-refractivity contribution in [2.45, 2.75) is 19.9 Å². The van der Waals surface area contributed by atoms with Gasteiger partial charge in [-0.3, -0.25) is 14.2 Å². The maximum absolute atomic E-state index is 12.0. The zero-order valence-corrected chi connectivity index (χ0v) is 12.4. The first-order chi connectivity index (χ1) is 10.1. The summed E-state index contributed by atoms with van der Waals surface area (Å²) >= 11 is 1.18. The van der Waals surface area contributed by atoms with Crippen LogP contribution >= 0.6 is 11.3 Å². The number of rotatable bonds is 3. The molecule has 0 radical (unpaired) electrons. The third-order valence-electron chi connectivity index (χ3n) is 3.13. The van der Waals surface area contributed by atoms with Crippen molar-refractivity contribution in [1.29, 1.82) is 0 Å². The van der Waals surface area contributed by atoms with E-state index in [-0.39, 0.29) is 22.6 Å². The van der Waals surface area contributed by atoms with Gasteiger partial charge >= 0.3 is 4.87 Å². The molecule has 21 heavy (non-hydrogen) atoms. The Morgan fingerprint density at radius 2 is 2.14 bits per heavy atom. The molecule has 6 heteroatoms. The molecular formula is C15H14N2O3S. The number of amides is 1. The molecule has 0 spiro atoms. The summed E-state index contributed by atoms with van der Waals surface area (Å²) in [6.07, 6.45) is 1.45. The van der Waals surface area contributed by atoms with Gasteiger partial charge in [0.2, 0.25) is 0 Å². The van der Waals surface area contributed by atoms with Gasteiger partial charge in [0, 0.05) is 11.7 Å². The Balaban J connectivity index is 1.95. The van der Waals surface area contributed by atoms with Crippen LogP contribution < -0.4 is 10.2 Å². The number of nitrogens with one attached hydrogen (secondary N) is 1. The molecule has 0 saturated carbocycles. The minimum Gasteiger partial charge on any atom is -0.459 e. The van der Waals surface area contributed by atoms with Crippen molar-refractivity contribution in [3.8, 4) is 0 Å². The summed E-state index contributed by atoms with van der Waals surface area (Å²) in [5.41, 5.74) is 1.53. The average Bonchev–Trinajstić information content (AvgIpc) is 3.04. The van der Waals surface area contributed by atoms with Crippen molar-refractivity contribution in [2.75, 3.05) is 5.32 Å². The second-order valence-electron chi connectivity index (χ2n) is 4.95. The molecule has 2 aromatic heterocycles. The summed E-state index contributed by atoms with van der Waals surface area (Å²) < 4.78 is 7.65. The number of hydrogen-bond donors (Lipinski definition) is 1. The van der Waals surface area contributed by atoms with Crippen LogP contribution in [-0.4, -0.2) is 10.5 Å². The molecular weight excluding hydrogens is 288 g/mol. The summed E-state index contributed by atoms with van der Waals surface area (Å²) in [6.45, 7) is 3.94. The van der Waals surface area contributed by atoms with Gasteiger partial charge in [0.05, 0.1) is 16.5 Å². The van der Waals surface area contributed by atoms with Gasteiger partial charge in [-0.25, -0.2) is 0 Å². The lowest BCUT2D eigenvalue weighted by Crippen LogP contribution is -2.14. The highest BCUT2D eigenvalue weighted by Crippen LogP contribution is 2.24. The van der Waals surface area contributed by atoms with Crippen LogP contribution in [0.15, 0.2) is 45.8 Å². The van der Waals surface area contributed by atoms with E-state index in [4.69, 9.17) is 4.42 Å². The first-order valence-electron chi connectivity index (χ1n) is 6.56. The lowest BCUT2D eigenvalue weighted by Gasteiger charge is -2.08. The molecule has 0 atom stereocenters. The molecule has 0 aliphatic carbocycles. The number of hydrogen-bond acceptors (Lipinski definition) is 4. The SMILES string of the molecule is CC(C)n1c(=O)sc2cc(NC(=O)c3ccco3)ccc21. The van der Waals surface area contributed by atoms with Crippen LogP contribution in [0.4, 0.5) is 5.69 Å².